The van der Waals surface area contributed by atoms with Crippen LogP contribution >= 0.6 is 0 Å². The Morgan fingerprint density at radius 1 is 1.19 bits per heavy atom. The van der Waals surface area contributed by atoms with Crippen LogP contribution < -0.4 is 0 Å². The minimum Gasteiger partial charge on any atom is -0.392 e. The van der Waals surface area contributed by atoms with Crippen LogP contribution in [0, 0.1) is 5.92 Å². The van der Waals surface area contributed by atoms with Crippen molar-refractivity contribution in [3.63, 3.8) is 0 Å². The summed E-state index contributed by atoms with van der Waals surface area (Å²) in [5, 5.41) is 9.40. The van der Waals surface area contributed by atoms with Crippen LogP contribution in [0.3, 0.4) is 0 Å². The van der Waals surface area contributed by atoms with Crippen LogP contribution in [-0.4, -0.2) is 30.5 Å². The molecule has 4 nitrogen and oxygen atoms in total. The largest absolute Gasteiger partial charge is 0.392 e. The zero-order valence-corrected chi connectivity index (χ0v) is 12.5. The second-order valence-corrected chi connectivity index (χ2v) is 7.11. The molecule has 21 heavy (non-hydrogen) atoms. The van der Waals surface area contributed by atoms with Crippen molar-refractivity contribution in [1.82, 2.24) is 4.31 Å². The van der Waals surface area contributed by atoms with Crippen LogP contribution in [0.25, 0.3) is 0 Å². The van der Waals surface area contributed by atoms with E-state index >= 15 is 0 Å². The number of aliphatic hydroxyl groups is 1. The molecule has 1 aromatic carbocycles. The van der Waals surface area contributed by atoms with E-state index in [9.17, 15) is 13.5 Å². The second kappa shape index (κ2) is 5.16. The van der Waals surface area contributed by atoms with Crippen LogP contribution in [0.1, 0.15) is 6.92 Å². The predicted octanol–water partition coefficient (Wildman–Crippen LogP) is 2.07. The summed E-state index contributed by atoms with van der Waals surface area (Å²) >= 11 is 0. The van der Waals surface area contributed by atoms with Crippen molar-refractivity contribution in [1.29, 1.82) is 0 Å². The van der Waals surface area contributed by atoms with E-state index in [1.54, 1.807) is 36.5 Å². The van der Waals surface area contributed by atoms with Gasteiger partial charge in [-0.1, -0.05) is 37.3 Å². The fraction of sp³-hybridized carbons (Fsp3) is 0.250. The monoisotopic (exact) mass is 303 g/mol. The highest BCUT2D eigenvalue weighted by Gasteiger charge is 2.39. The maximum atomic E-state index is 12.8. The molecule has 0 aromatic heterocycles. The van der Waals surface area contributed by atoms with Gasteiger partial charge in [-0.25, -0.2) is 8.42 Å². The summed E-state index contributed by atoms with van der Waals surface area (Å²) in [4.78, 5) is 0.281. The maximum Gasteiger partial charge on any atom is 0.264 e. The summed E-state index contributed by atoms with van der Waals surface area (Å²) in [6.45, 7) is 1.89. The lowest BCUT2D eigenvalue weighted by Gasteiger charge is -2.33. The Morgan fingerprint density at radius 3 is 2.57 bits per heavy atom. The summed E-state index contributed by atoms with van der Waals surface area (Å²) in [5.41, 5.74) is 1.81. The van der Waals surface area contributed by atoms with Gasteiger partial charge in [0.25, 0.3) is 10.0 Å². The van der Waals surface area contributed by atoms with E-state index in [2.05, 4.69) is 0 Å². The molecule has 5 heteroatoms. The molecular weight excluding hydrogens is 286 g/mol. The van der Waals surface area contributed by atoms with Gasteiger partial charge in [0.15, 0.2) is 0 Å². The molecule has 1 aliphatic heterocycles. The summed E-state index contributed by atoms with van der Waals surface area (Å²) in [5.74, 6) is -0.0523. The third-order valence-corrected chi connectivity index (χ3v) is 5.85. The SMILES string of the molecule is CC1C(CO)=CC=C2C=CN(S(=O)(=O)c3ccccc3)C21. The number of nitrogens with zero attached hydrogens (tertiary/aromatic N) is 1. The van der Waals surface area contributed by atoms with Crippen molar-refractivity contribution in [2.75, 3.05) is 6.61 Å². The van der Waals surface area contributed by atoms with Gasteiger partial charge in [0.2, 0.25) is 0 Å². The molecule has 0 fully saturated rings. The number of benzene rings is 1. The predicted molar refractivity (Wildman–Crippen MR) is 80.8 cm³/mol. The number of rotatable bonds is 3. The number of aliphatic hydroxyl groups excluding tert-OH is 1. The molecule has 0 bridgehead atoms. The Balaban J connectivity index is 2.01. The van der Waals surface area contributed by atoms with Gasteiger partial charge < -0.3 is 5.11 Å². The van der Waals surface area contributed by atoms with E-state index in [0.29, 0.717) is 0 Å². The van der Waals surface area contributed by atoms with Crippen LogP contribution in [0.4, 0.5) is 0 Å². The third kappa shape index (κ3) is 2.22. The lowest BCUT2D eigenvalue weighted by Crippen LogP contribution is -2.40. The van der Waals surface area contributed by atoms with Crippen molar-refractivity contribution in [2.24, 2.45) is 5.92 Å². The number of allylic oxidation sites excluding steroid dienone is 2. The van der Waals surface area contributed by atoms with E-state index in [1.807, 2.05) is 25.2 Å². The van der Waals surface area contributed by atoms with Gasteiger partial charge in [0.05, 0.1) is 17.5 Å². The molecule has 110 valence electrons. The molecule has 2 atom stereocenters. The van der Waals surface area contributed by atoms with E-state index in [-0.39, 0.29) is 23.5 Å². The van der Waals surface area contributed by atoms with Crippen molar-refractivity contribution in [3.05, 3.63) is 65.9 Å². The fourth-order valence-electron chi connectivity index (χ4n) is 2.86. The fourth-order valence-corrected chi connectivity index (χ4v) is 4.43. The molecule has 1 N–H and O–H groups in total. The minimum atomic E-state index is -3.58. The molecule has 1 aromatic rings. The highest BCUT2D eigenvalue weighted by atomic mass is 32.2. The number of fused-ring (bicyclic) bond motifs is 1. The van der Waals surface area contributed by atoms with Gasteiger partial charge in [-0.15, -0.1) is 0 Å². The Morgan fingerprint density at radius 2 is 1.90 bits per heavy atom. The standard InChI is InChI=1S/C16H17NO3S/c1-12-14(11-18)8-7-13-9-10-17(16(12)13)21(19,20)15-5-3-2-4-6-15/h2-10,12,16,18H,11H2,1H3. The van der Waals surface area contributed by atoms with E-state index in [0.717, 1.165) is 11.1 Å². The molecule has 0 amide bonds. The highest BCUT2D eigenvalue weighted by Crippen LogP contribution is 2.37. The van der Waals surface area contributed by atoms with Crippen LogP contribution in [0.15, 0.2) is 70.8 Å². The number of hydrogen-bond donors (Lipinski definition) is 1. The second-order valence-electron chi connectivity index (χ2n) is 5.26. The quantitative estimate of drug-likeness (QED) is 0.930. The van der Waals surface area contributed by atoms with Gasteiger partial charge in [-0.3, -0.25) is 4.31 Å². The molecule has 0 radical (unpaired) electrons. The average molecular weight is 303 g/mol. The molecule has 3 rings (SSSR count). The molecule has 0 saturated heterocycles. The topological polar surface area (TPSA) is 57.6 Å². The number of hydrogen-bond acceptors (Lipinski definition) is 3. The Hall–Kier alpha value is -1.85. The van der Waals surface area contributed by atoms with E-state index in [4.69, 9.17) is 0 Å². The third-order valence-electron chi connectivity index (χ3n) is 4.08. The molecule has 1 heterocycles. The van der Waals surface area contributed by atoms with Crippen LogP contribution in [-0.2, 0) is 10.0 Å². The Labute approximate surface area is 124 Å². The highest BCUT2D eigenvalue weighted by molar-refractivity contribution is 7.89. The molecule has 0 saturated carbocycles. The summed E-state index contributed by atoms with van der Waals surface area (Å²) in [6, 6.07) is 8.14. The summed E-state index contributed by atoms with van der Waals surface area (Å²) < 4.78 is 27.0. The van der Waals surface area contributed by atoms with Crippen molar-refractivity contribution < 1.29 is 13.5 Å². The number of sulfonamides is 1. The maximum absolute atomic E-state index is 12.8. The zero-order chi connectivity index (χ0) is 15.0. The molecule has 0 spiro atoms. The Kier molecular flexibility index (Phi) is 3.47. The molecular formula is C16H17NO3S. The molecule has 2 unspecified atom stereocenters. The normalized spacial score (nSPS) is 24.6. The van der Waals surface area contributed by atoms with Gasteiger partial charge in [0.1, 0.15) is 0 Å². The first-order chi connectivity index (χ1) is 10.1. The molecule has 2 aliphatic rings. The van der Waals surface area contributed by atoms with E-state index < -0.39 is 10.0 Å². The lowest BCUT2D eigenvalue weighted by atomic mass is 9.85. The Bertz CT molecular complexity index is 732. The van der Waals surface area contributed by atoms with Gasteiger partial charge in [-0.05, 0) is 29.4 Å². The van der Waals surface area contributed by atoms with Crippen molar-refractivity contribution in [3.8, 4) is 0 Å². The lowest BCUT2D eigenvalue weighted by molar-refractivity contribution is 0.294. The first-order valence-corrected chi connectivity index (χ1v) is 8.28. The van der Waals surface area contributed by atoms with Crippen LogP contribution in [0.5, 0.6) is 0 Å². The molecule has 1 aliphatic carbocycles. The van der Waals surface area contributed by atoms with Gasteiger partial charge >= 0.3 is 0 Å². The first kappa shape index (κ1) is 14.1. The van der Waals surface area contributed by atoms with Crippen molar-refractivity contribution in [2.45, 2.75) is 17.9 Å². The van der Waals surface area contributed by atoms with E-state index in [1.165, 1.54) is 4.31 Å². The average Bonchev–Trinajstić information content (AvgIpc) is 2.94. The van der Waals surface area contributed by atoms with Crippen LogP contribution in [0.2, 0.25) is 0 Å². The first-order valence-electron chi connectivity index (χ1n) is 6.84. The zero-order valence-electron chi connectivity index (χ0n) is 11.7. The van der Waals surface area contributed by atoms with Gasteiger partial charge in [0, 0.05) is 12.1 Å². The smallest absolute Gasteiger partial charge is 0.264 e. The summed E-state index contributed by atoms with van der Waals surface area (Å²) in [7, 11) is -3.58. The van der Waals surface area contributed by atoms with Gasteiger partial charge in [-0.2, -0.15) is 0 Å². The minimum absolute atomic E-state index is 0.0523. The van der Waals surface area contributed by atoms with Crippen molar-refractivity contribution >= 4 is 10.0 Å². The summed E-state index contributed by atoms with van der Waals surface area (Å²) in [6.07, 6.45) is 7.20.